The molecule has 0 unspecified atom stereocenters. The number of hydrogen-bond donors (Lipinski definition) is 2. The summed E-state index contributed by atoms with van der Waals surface area (Å²) in [6.45, 7) is 6.39. The van der Waals surface area contributed by atoms with Crippen LogP contribution in [-0.2, 0) is 6.54 Å². The van der Waals surface area contributed by atoms with Crippen molar-refractivity contribution < 1.29 is 14.8 Å². The number of pyridine rings is 1. The Morgan fingerprint density at radius 1 is 1.11 bits per heavy atom. The minimum absolute atomic E-state index is 0.0588. The van der Waals surface area contributed by atoms with E-state index in [9.17, 15) is 9.59 Å². The Hall–Kier alpha value is -2.77. The van der Waals surface area contributed by atoms with Crippen LogP contribution in [0.3, 0.4) is 0 Å². The number of amides is 2. The second-order valence-corrected chi connectivity index (χ2v) is 6.94. The molecule has 2 N–H and O–H groups in total. The van der Waals surface area contributed by atoms with Gasteiger partial charge in [0.2, 0.25) is 0 Å². The zero-order valence-corrected chi connectivity index (χ0v) is 15.5. The molecule has 1 aliphatic rings. The Kier molecular flexibility index (Phi) is 5.83. The summed E-state index contributed by atoms with van der Waals surface area (Å²) < 4.78 is 0. The Bertz CT molecular complexity index is 783. The van der Waals surface area contributed by atoms with E-state index in [1.807, 2.05) is 23.1 Å². The van der Waals surface area contributed by atoms with Crippen LogP contribution < -0.4 is 5.48 Å². The number of benzene rings is 1. The molecule has 0 saturated carbocycles. The van der Waals surface area contributed by atoms with Gasteiger partial charge in [-0.3, -0.25) is 24.7 Å². The Labute approximate surface area is 158 Å². The highest BCUT2D eigenvalue weighted by Crippen LogP contribution is 2.20. The maximum absolute atomic E-state index is 12.8. The molecule has 7 nitrogen and oxygen atoms in total. The van der Waals surface area contributed by atoms with Gasteiger partial charge < -0.3 is 4.90 Å². The van der Waals surface area contributed by atoms with Crippen LogP contribution >= 0.6 is 0 Å². The van der Waals surface area contributed by atoms with E-state index in [0.717, 1.165) is 6.54 Å². The number of hydroxylamine groups is 1. The van der Waals surface area contributed by atoms with E-state index >= 15 is 0 Å². The Morgan fingerprint density at radius 3 is 2.33 bits per heavy atom. The second-order valence-electron chi connectivity index (χ2n) is 6.94. The summed E-state index contributed by atoms with van der Waals surface area (Å²) in [6, 6.07) is 13.8. The van der Waals surface area contributed by atoms with Crippen LogP contribution in [0.5, 0.6) is 0 Å². The molecule has 0 bridgehead atoms. The molecule has 3 rings (SSSR count). The molecular formula is C20H24N4O3. The zero-order chi connectivity index (χ0) is 19.4. The van der Waals surface area contributed by atoms with Crippen molar-refractivity contribution in [3.8, 4) is 0 Å². The highest BCUT2D eigenvalue weighted by Gasteiger charge is 2.32. The number of piperazine rings is 1. The topological polar surface area (TPSA) is 85.8 Å². The molecule has 2 heterocycles. The van der Waals surface area contributed by atoms with Crippen molar-refractivity contribution in [1.29, 1.82) is 0 Å². The number of rotatable bonds is 4. The number of nitrogens with one attached hydrogen (secondary N) is 1. The SMILES string of the molecule is C[C@@H]1CN(C(=O)c2ccc(C(=O)NO)nc2)C[C@H](C)N1Cc1ccccc1. The number of aromatic nitrogens is 1. The Morgan fingerprint density at radius 2 is 1.78 bits per heavy atom. The van der Waals surface area contributed by atoms with Gasteiger partial charge in [0.1, 0.15) is 5.69 Å². The second kappa shape index (κ2) is 8.28. The fourth-order valence-corrected chi connectivity index (χ4v) is 3.52. The highest BCUT2D eigenvalue weighted by molar-refractivity contribution is 5.96. The number of carbonyl (C=O) groups excluding carboxylic acids is 2. The molecule has 1 fully saturated rings. The van der Waals surface area contributed by atoms with E-state index in [4.69, 9.17) is 5.21 Å². The molecule has 0 radical (unpaired) electrons. The first-order valence-electron chi connectivity index (χ1n) is 8.99. The summed E-state index contributed by atoms with van der Waals surface area (Å²) in [6.07, 6.45) is 1.37. The van der Waals surface area contributed by atoms with E-state index in [1.165, 1.54) is 23.3 Å². The van der Waals surface area contributed by atoms with Gasteiger partial charge in [-0.15, -0.1) is 0 Å². The van der Waals surface area contributed by atoms with Gasteiger partial charge >= 0.3 is 0 Å². The van der Waals surface area contributed by atoms with Gasteiger partial charge in [0.05, 0.1) is 5.56 Å². The van der Waals surface area contributed by atoms with Gasteiger partial charge in [0, 0.05) is 37.9 Å². The third-order valence-corrected chi connectivity index (χ3v) is 4.94. The van der Waals surface area contributed by atoms with E-state index < -0.39 is 5.91 Å². The maximum atomic E-state index is 12.8. The standard InChI is InChI=1S/C20H24N4O3/c1-14-11-23(12-15(2)24(14)13-16-6-4-3-5-7-16)20(26)17-8-9-18(21-10-17)19(25)22-27/h3-10,14-15,27H,11-13H2,1-2H3,(H,22,25)/t14-,15+. The minimum atomic E-state index is -0.703. The van der Waals surface area contributed by atoms with Crippen LogP contribution in [0, 0.1) is 0 Å². The van der Waals surface area contributed by atoms with Crippen LogP contribution in [0.4, 0.5) is 0 Å². The molecule has 142 valence electrons. The zero-order valence-electron chi connectivity index (χ0n) is 15.5. The van der Waals surface area contributed by atoms with Crippen molar-refractivity contribution in [2.75, 3.05) is 13.1 Å². The molecule has 7 heteroatoms. The molecule has 0 aliphatic carbocycles. The van der Waals surface area contributed by atoms with Crippen molar-refractivity contribution in [3.63, 3.8) is 0 Å². The summed E-state index contributed by atoms with van der Waals surface area (Å²) in [5.74, 6) is -0.803. The van der Waals surface area contributed by atoms with Crippen molar-refractivity contribution in [3.05, 3.63) is 65.5 Å². The summed E-state index contributed by atoms with van der Waals surface area (Å²) >= 11 is 0. The van der Waals surface area contributed by atoms with Crippen LogP contribution in [0.1, 0.15) is 40.3 Å². The van der Waals surface area contributed by atoms with Gasteiger partial charge in [0.25, 0.3) is 11.8 Å². The molecule has 1 aromatic heterocycles. The monoisotopic (exact) mass is 368 g/mol. The first-order valence-corrected chi connectivity index (χ1v) is 8.99. The lowest BCUT2D eigenvalue weighted by Crippen LogP contribution is -2.57. The lowest BCUT2D eigenvalue weighted by Gasteiger charge is -2.44. The number of hydrogen-bond acceptors (Lipinski definition) is 5. The third kappa shape index (κ3) is 4.32. The van der Waals surface area contributed by atoms with Gasteiger partial charge in [-0.25, -0.2) is 5.48 Å². The van der Waals surface area contributed by atoms with Crippen molar-refractivity contribution >= 4 is 11.8 Å². The van der Waals surface area contributed by atoms with E-state index in [2.05, 4.69) is 35.9 Å². The normalized spacial score (nSPS) is 20.3. The predicted molar refractivity (Wildman–Crippen MR) is 100 cm³/mol. The van der Waals surface area contributed by atoms with E-state index in [0.29, 0.717) is 18.7 Å². The van der Waals surface area contributed by atoms with E-state index in [1.54, 1.807) is 6.07 Å². The van der Waals surface area contributed by atoms with E-state index in [-0.39, 0.29) is 23.7 Å². The average Bonchev–Trinajstić information content (AvgIpc) is 2.70. The molecule has 2 atom stereocenters. The highest BCUT2D eigenvalue weighted by atomic mass is 16.5. The molecule has 1 aromatic carbocycles. The minimum Gasteiger partial charge on any atom is -0.335 e. The third-order valence-electron chi connectivity index (χ3n) is 4.94. The van der Waals surface area contributed by atoms with Crippen molar-refractivity contribution in [2.24, 2.45) is 0 Å². The molecule has 1 saturated heterocycles. The van der Waals surface area contributed by atoms with Crippen molar-refractivity contribution in [2.45, 2.75) is 32.5 Å². The lowest BCUT2D eigenvalue weighted by molar-refractivity contribution is 0.0269. The summed E-state index contributed by atoms with van der Waals surface area (Å²) in [5.41, 5.74) is 3.28. The number of nitrogens with zero attached hydrogens (tertiary/aromatic N) is 3. The van der Waals surface area contributed by atoms with Crippen LogP contribution in [0.25, 0.3) is 0 Å². The summed E-state index contributed by atoms with van der Waals surface area (Å²) in [7, 11) is 0. The summed E-state index contributed by atoms with van der Waals surface area (Å²) in [4.78, 5) is 32.4. The lowest BCUT2D eigenvalue weighted by atomic mass is 10.0. The first-order chi connectivity index (χ1) is 13.0. The predicted octanol–water partition coefficient (Wildman–Crippen LogP) is 1.94. The van der Waals surface area contributed by atoms with Gasteiger partial charge in [-0.2, -0.15) is 0 Å². The van der Waals surface area contributed by atoms with Gasteiger partial charge in [0.15, 0.2) is 0 Å². The van der Waals surface area contributed by atoms with Gasteiger partial charge in [-0.05, 0) is 31.5 Å². The molecule has 2 amide bonds. The van der Waals surface area contributed by atoms with Crippen LogP contribution in [0.2, 0.25) is 0 Å². The largest absolute Gasteiger partial charge is 0.335 e. The molecule has 1 aliphatic heterocycles. The fraction of sp³-hybridized carbons (Fsp3) is 0.350. The number of carbonyl (C=O) groups is 2. The van der Waals surface area contributed by atoms with Gasteiger partial charge in [-0.1, -0.05) is 30.3 Å². The smallest absolute Gasteiger partial charge is 0.293 e. The molecule has 2 aromatic rings. The van der Waals surface area contributed by atoms with Crippen molar-refractivity contribution in [1.82, 2.24) is 20.3 Å². The van der Waals surface area contributed by atoms with Crippen LogP contribution in [0.15, 0.2) is 48.7 Å². The summed E-state index contributed by atoms with van der Waals surface area (Å²) in [5, 5.41) is 8.64. The fourth-order valence-electron chi connectivity index (χ4n) is 3.52. The van der Waals surface area contributed by atoms with Crippen LogP contribution in [-0.4, -0.2) is 57.0 Å². The Balaban J connectivity index is 1.67. The quantitative estimate of drug-likeness (QED) is 0.636. The molecule has 27 heavy (non-hydrogen) atoms. The molecule has 0 spiro atoms. The molecular weight excluding hydrogens is 344 g/mol. The maximum Gasteiger partial charge on any atom is 0.293 e. The average molecular weight is 368 g/mol. The first kappa shape index (κ1) is 19.0.